The van der Waals surface area contributed by atoms with Crippen molar-refractivity contribution < 1.29 is 19.1 Å². The number of ether oxygens (including phenoxy) is 1. The average molecular weight is 443 g/mol. The van der Waals surface area contributed by atoms with E-state index in [2.05, 4.69) is 12.2 Å². The Morgan fingerprint density at radius 1 is 0.939 bits per heavy atom. The maximum absolute atomic E-state index is 13.5. The molecule has 1 aliphatic heterocycles. The van der Waals surface area contributed by atoms with Gasteiger partial charge in [0.05, 0.1) is 18.4 Å². The smallest absolute Gasteiger partial charge is 0.259 e. The Labute approximate surface area is 192 Å². The minimum absolute atomic E-state index is 0.0822. The van der Waals surface area contributed by atoms with E-state index in [9.17, 15) is 14.4 Å². The van der Waals surface area contributed by atoms with Crippen LogP contribution in [0.2, 0.25) is 0 Å². The molecule has 2 aromatic rings. The fraction of sp³-hybridized carbons (Fsp3) is 0.370. The Kier molecular flexibility index (Phi) is 4.64. The lowest BCUT2D eigenvalue weighted by atomic mass is 9.63. The predicted molar refractivity (Wildman–Crippen MR) is 122 cm³/mol. The van der Waals surface area contributed by atoms with Gasteiger partial charge in [-0.25, -0.2) is 0 Å². The van der Waals surface area contributed by atoms with Gasteiger partial charge in [-0.05, 0) is 73.4 Å². The number of carbonyl (C=O) groups excluding carboxylic acids is 3. The summed E-state index contributed by atoms with van der Waals surface area (Å²) in [4.78, 5) is 43.3. The van der Waals surface area contributed by atoms with Crippen molar-refractivity contribution in [3.05, 3.63) is 72.3 Å². The predicted octanol–water partition coefficient (Wildman–Crippen LogP) is 3.74. The quantitative estimate of drug-likeness (QED) is 0.505. The van der Waals surface area contributed by atoms with Gasteiger partial charge >= 0.3 is 0 Å². The maximum Gasteiger partial charge on any atom is 0.259 e. The molecule has 3 amide bonds. The fourth-order valence-electron chi connectivity index (χ4n) is 6.19. The minimum atomic E-state index is -0.273. The molecule has 33 heavy (non-hydrogen) atoms. The Morgan fingerprint density at radius 3 is 2.12 bits per heavy atom. The molecule has 5 aliphatic rings. The number of allylic oxidation sites excluding steroid dienone is 2. The Bertz CT molecular complexity index is 1110. The highest BCUT2D eigenvalue weighted by Gasteiger charge is 2.67. The van der Waals surface area contributed by atoms with Crippen LogP contribution in [0.5, 0.6) is 5.75 Å². The molecule has 0 spiro atoms. The fourth-order valence-corrected chi connectivity index (χ4v) is 6.19. The molecule has 7 rings (SSSR count). The molecular weight excluding hydrogens is 416 g/mol. The van der Waals surface area contributed by atoms with Gasteiger partial charge in [-0.3, -0.25) is 24.2 Å². The lowest BCUT2D eigenvalue weighted by Crippen LogP contribution is -2.45. The molecule has 6 heteroatoms. The number of benzene rings is 2. The van der Waals surface area contributed by atoms with Gasteiger partial charge in [0.15, 0.2) is 0 Å². The average Bonchev–Trinajstić information content (AvgIpc) is 3.63. The van der Waals surface area contributed by atoms with Gasteiger partial charge in [0, 0.05) is 11.3 Å². The highest BCUT2D eigenvalue weighted by atomic mass is 16.5. The van der Waals surface area contributed by atoms with Crippen LogP contribution in [0.3, 0.4) is 0 Å². The van der Waals surface area contributed by atoms with Crippen LogP contribution in [0.1, 0.15) is 23.7 Å². The second-order valence-corrected chi connectivity index (χ2v) is 9.43. The Balaban J connectivity index is 1.32. The molecule has 1 heterocycles. The number of likely N-dealkylation sites (tertiary alicyclic amines) is 1. The van der Waals surface area contributed by atoms with Crippen molar-refractivity contribution in [3.8, 4) is 5.75 Å². The van der Waals surface area contributed by atoms with Crippen molar-refractivity contribution in [2.45, 2.75) is 13.3 Å². The van der Waals surface area contributed by atoms with E-state index in [1.54, 1.807) is 48.5 Å². The molecule has 2 saturated carbocycles. The lowest BCUT2D eigenvalue weighted by Gasteiger charge is -2.37. The highest BCUT2D eigenvalue weighted by Crippen LogP contribution is 2.65. The standard InChI is InChI=1S/C27H26N2O4/c1-2-33-18-10-8-17(9-11-18)28(25(30)16-6-4-3-5-7-16)15-29-26(31)23-19-12-13-20(22-14-21(19)22)24(23)27(29)32/h3-13,19-24H,2,14-15H2,1H3. The SMILES string of the molecule is CCOc1ccc(N(CN2C(=O)C3C4C=CC(C5CC45)C3C2=O)C(=O)c2ccccc2)cc1. The second kappa shape index (κ2) is 7.58. The van der Waals surface area contributed by atoms with Crippen molar-refractivity contribution in [2.75, 3.05) is 18.2 Å². The minimum Gasteiger partial charge on any atom is -0.494 e. The highest BCUT2D eigenvalue weighted by molar-refractivity contribution is 6.09. The third kappa shape index (κ3) is 3.11. The van der Waals surface area contributed by atoms with Gasteiger partial charge in [-0.1, -0.05) is 30.4 Å². The molecular formula is C27H26N2O4. The zero-order valence-corrected chi connectivity index (χ0v) is 18.5. The number of amides is 3. The monoisotopic (exact) mass is 442 g/mol. The van der Waals surface area contributed by atoms with Crippen LogP contribution >= 0.6 is 0 Å². The van der Waals surface area contributed by atoms with Gasteiger partial charge in [-0.15, -0.1) is 0 Å². The molecule has 0 N–H and O–H groups in total. The third-order valence-corrected chi connectivity index (χ3v) is 7.76. The molecule has 1 saturated heterocycles. The molecule has 2 bridgehead atoms. The molecule has 4 aliphatic carbocycles. The van der Waals surface area contributed by atoms with Crippen LogP contribution in [0, 0.1) is 35.5 Å². The summed E-state index contributed by atoms with van der Waals surface area (Å²) < 4.78 is 5.53. The normalized spacial score (nSPS) is 30.8. The van der Waals surface area contributed by atoms with Crippen molar-refractivity contribution in [1.29, 1.82) is 0 Å². The number of imide groups is 1. The first-order chi connectivity index (χ1) is 16.1. The van der Waals surface area contributed by atoms with Gasteiger partial charge < -0.3 is 4.74 Å². The van der Waals surface area contributed by atoms with E-state index in [-0.39, 0.29) is 48.1 Å². The number of hydrogen-bond donors (Lipinski definition) is 0. The lowest BCUT2D eigenvalue weighted by molar-refractivity contribution is -0.140. The van der Waals surface area contributed by atoms with Crippen LogP contribution in [0.25, 0.3) is 0 Å². The van der Waals surface area contributed by atoms with Crippen LogP contribution < -0.4 is 9.64 Å². The maximum atomic E-state index is 13.5. The molecule has 6 nitrogen and oxygen atoms in total. The van der Waals surface area contributed by atoms with E-state index in [4.69, 9.17) is 4.74 Å². The number of carbonyl (C=O) groups is 3. The molecule has 3 fully saturated rings. The van der Waals surface area contributed by atoms with Crippen LogP contribution in [-0.2, 0) is 9.59 Å². The molecule has 0 radical (unpaired) electrons. The van der Waals surface area contributed by atoms with Crippen molar-refractivity contribution in [1.82, 2.24) is 4.90 Å². The summed E-state index contributed by atoms with van der Waals surface area (Å²) in [5.74, 6) is 1.06. The largest absolute Gasteiger partial charge is 0.494 e. The van der Waals surface area contributed by atoms with Crippen molar-refractivity contribution in [3.63, 3.8) is 0 Å². The Hall–Kier alpha value is -3.41. The van der Waals surface area contributed by atoms with Crippen LogP contribution in [-0.4, -0.2) is 35.9 Å². The van der Waals surface area contributed by atoms with Gasteiger partial charge in [0.25, 0.3) is 5.91 Å². The summed E-state index contributed by atoms with van der Waals surface area (Å²) in [7, 11) is 0. The second-order valence-electron chi connectivity index (χ2n) is 9.43. The van der Waals surface area contributed by atoms with E-state index in [1.807, 2.05) is 13.0 Å². The summed E-state index contributed by atoms with van der Waals surface area (Å²) >= 11 is 0. The van der Waals surface area contributed by atoms with Crippen LogP contribution in [0.15, 0.2) is 66.7 Å². The summed E-state index contributed by atoms with van der Waals surface area (Å²) in [6.45, 7) is 2.38. The van der Waals surface area contributed by atoms with Crippen molar-refractivity contribution in [2.24, 2.45) is 35.5 Å². The number of nitrogens with zero attached hydrogens (tertiary/aromatic N) is 2. The number of anilines is 1. The van der Waals surface area contributed by atoms with E-state index in [0.29, 0.717) is 35.4 Å². The molecule has 6 atom stereocenters. The molecule has 2 aromatic carbocycles. The van der Waals surface area contributed by atoms with Gasteiger partial charge in [0.1, 0.15) is 12.4 Å². The van der Waals surface area contributed by atoms with Gasteiger partial charge in [-0.2, -0.15) is 0 Å². The van der Waals surface area contributed by atoms with Gasteiger partial charge in [0.2, 0.25) is 11.8 Å². The molecule has 0 aromatic heterocycles. The first kappa shape index (κ1) is 20.2. The van der Waals surface area contributed by atoms with Crippen LogP contribution in [0.4, 0.5) is 5.69 Å². The van der Waals surface area contributed by atoms with Crippen molar-refractivity contribution >= 4 is 23.4 Å². The summed E-state index contributed by atoms with van der Waals surface area (Å²) in [5.41, 5.74) is 1.12. The molecule has 6 unspecified atom stereocenters. The summed E-state index contributed by atoms with van der Waals surface area (Å²) in [5, 5.41) is 0. The first-order valence-corrected chi connectivity index (χ1v) is 11.7. The zero-order valence-electron chi connectivity index (χ0n) is 18.5. The third-order valence-electron chi connectivity index (χ3n) is 7.76. The van der Waals surface area contributed by atoms with E-state index >= 15 is 0 Å². The molecule has 168 valence electrons. The number of rotatable bonds is 6. The van der Waals surface area contributed by atoms with E-state index in [0.717, 1.165) is 6.42 Å². The van der Waals surface area contributed by atoms with E-state index in [1.165, 1.54) is 9.80 Å². The topological polar surface area (TPSA) is 66.9 Å². The Morgan fingerprint density at radius 2 is 1.55 bits per heavy atom. The number of hydrogen-bond acceptors (Lipinski definition) is 4. The summed E-state index contributed by atoms with van der Waals surface area (Å²) in [6, 6.07) is 16.1. The zero-order chi connectivity index (χ0) is 22.7. The first-order valence-electron chi connectivity index (χ1n) is 11.7. The van der Waals surface area contributed by atoms with E-state index < -0.39 is 0 Å². The summed E-state index contributed by atoms with van der Waals surface area (Å²) in [6.07, 6.45) is 5.45.